The fraction of sp³-hybridized carbons (Fsp3) is 0.348. The first kappa shape index (κ1) is 22.1. The Morgan fingerprint density at radius 3 is 2.39 bits per heavy atom. The van der Waals surface area contributed by atoms with E-state index in [1.807, 2.05) is 6.92 Å². The molecule has 8 heteroatoms. The summed E-state index contributed by atoms with van der Waals surface area (Å²) in [6.45, 7) is 2.45. The highest BCUT2D eigenvalue weighted by Crippen LogP contribution is 2.27. The van der Waals surface area contributed by atoms with Gasteiger partial charge in [-0.15, -0.1) is 0 Å². The number of methoxy groups -OCH3 is 1. The highest BCUT2D eigenvalue weighted by atomic mass is 16.5. The first-order valence-electron chi connectivity index (χ1n) is 10.1. The van der Waals surface area contributed by atoms with Crippen molar-refractivity contribution in [2.24, 2.45) is 5.92 Å². The Balaban J connectivity index is 1.48. The molecule has 1 aliphatic heterocycles. The number of ether oxygens (including phenoxy) is 3. The van der Waals surface area contributed by atoms with E-state index in [4.69, 9.17) is 14.2 Å². The fourth-order valence-corrected chi connectivity index (χ4v) is 3.18. The van der Waals surface area contributed by atoms with Crippen molar-refractivity contribution in [3.8, 4) is 11.5 Å². The molecule has 3 rings (SSSR count). The molecular formula is C23H26N2O6. The molecule has 1 aliphatic rings. The van der Waals surface area contributed by atoms with Gasteiger partial charge in [-0.05, 0) is 55.0 Å². The summed E-state index contributed by atoms with van der Waals surface area (Å²) in [6.07, 6.45) is 0.960. The molecule has 8 nitrogen and oxygen atoms in total. The third kappa shape index (κ3) is 5.97. The summed E-state index contributed by atoms with van der Waals surface area (Å²) in [5.41, 5.74) is 1.26. The molecule has 0 aliphatic carbocycles. The van der Waals surface area contributed by atoms with Gasteiger partial charge in [0, 0.05) is 24.3 Å². The topological polar surface area (TPSA) is 94.2 Å². The number of hydrogen-bond donors (Lipinski definition) is 1. The lowest BCUT2D eigenvalue weighted by molar-refractivity contribution is -0.151. The molecule has 1 heterocycles. The van der Waals surface area contributed by atoms with Crippen LogP contribution in [0.4, 0.5) is 11.4 Å². The molecule has 1 atom stereocenters. The zero-order valence-electron chi connectivity index (χ0n) is 17.6. The molecule has 31 heavy (non-hydrogen) atoms. The normalized spacial score (nSPS) is 15.5. The van der Waals surface area contributed by atoms with Crippen LogP contribution in [0, 0.1) is 5.92 Å². The Bertz CT molecular complexity index is 911. The van der Waals surface area contributed by atoms with Gasteiger partial charge >= 0.3 is 5.97 Å². The van der Waals surface area contributed by atoms with Crippen LogP contribution in [0.15, 0.2) is 48.5 Å². The Kier molecular flexibility index (Phi) is 7.48. The van der Waals surface area contributed by atoms with Crippen molar-refractivity contribution in [1.82, 2.24) is 0 Å². The van der Waals surface area contributed by atoms with E-state index in [1.54, 1.807) is 60.5 Å². The van der Waals surface area contributed by atoms with E-state index in [9.17, 15) is 14.4 Å². The van der Waals surface area contributed by atoms with Crippen LogP contribution in [-0.2, 0) is 19.1 Å². The molecule has 0 aromatic heterocycles. The van der Waals surface area contributed by atoms with Gasteiger partial charge < -0.3 is 24.4 Å². The van der Waals surface area contributed by atoms with Crippen molar-refractivity contribution < 1.29 is 28.6 Å². The number of benzene rings is 2. The summed E-state index contributed by atoms with van der Waals surface area (Å²) in [5, 5.41) is 2.64. The van der Waals surface area contributed by atoms with Crippen LogP contribution < -0.4 is 19.7 Å². The molecule has 1 fully saturated rings. The van der Waals surface area contributed by atoms with E-state index in [2.05, 4.69) is 5.32 Å². The molecule has 0 unspecified atom stereocenters. The summed E-state index contributed by atoms with van der Waals surface area (Å²) in [6, 6.07) is 14.0. The maximum absolute atomic E-state index is 12.4. The zero-order valence-corrected chi connectivity index (χ0v) is 17.6. The number of esters is 1. The summed E-state index contributed by atoms with van der Waals surface area (Å²) >= 11 is 0. The van der Waals surface area contributed by atoms with E-state index in [0.29, 0.717) is 23.7 Å². The molecular weight excluding hydrogens is 400 g/mol. The lowest BCUT2D eigenvalue weighted by atomic mass is 10.1. The highest BCUT2D eigenvalue weighted by Gasteiger charge is 2.36. The Labute approximate surface area is 181 Å². The summed E-state index contributed by atoms with van der Waals surface area (Å²) in [5.74, 6) is -0.394. The fourth-order valence-electron chi connectivity index (χ4n) is 3.18. The molecule has 0 saturated carbocycles. The van der Waals surface area contributed by atoms with Crippen molar-refractivity contribution in [3.05, 3.63) is 48.5 Å². The Morgan fingerprint density at radius 2 is 1.74 bits per heavy atom. The number of amides is 2. The number of nitrogens with zero attached hydrogens (tertiary/aromatic N) is 1. The van der Waals surface area contributed by atoms with E-state index >= 15 is 0 Å². The van der Waals surface area contributed by atoms with Gasteiger partial charge in [-0.25, -0.2) is 0 Å². The lowest BCUT2D eigenvalue weighted by Gasteiger charge is -2.17. The minimum atomic E-state index is -0.614. The summed E-state index contributed by atoms with van der Waals surface area (Å²) < 4.78 is 15.7. The molecule has 164 valence electrons. The summed E-state index contributed by atoms with van der Waals surface area (Å²) in [7, 11) is 1.55. The molecule has 2 aromatic carbocycles. The molecule has 1 N–H and O–H groups in total. The van der Waals surface area contributed by atoms with Gasteiger partial charge in [-0.3, -0.25) is 14.4 Å². The number of carbonyl (C=O) groups excluding carboxylic acids is 3. The van der Waals surface area contributed by atoms with Gasteiger partial charge in [0.2, 0.25) is 5.91 Å². The lowest BCUT2D eigenvalue weighted by Crippen LogP contribution is -2.28. The first-order valence-corrected chi connectivity index (χ1v) is 10.1. The smallest absolute Gasteiger partial charge is 0.311 e. The van der Waals surface area contributed by atoms with Gasteiger partial charge in [0.25, 0.3) is 5.91 Å². The standard InChI is InChI=1S/C23H26N2O6/c1-3-12-30-20-10-6-18(7-11-20)25-14-16(13-22(25)27)23(28)31-15-21(26)24-17-4-8-19(29-2)9-5-17/h4-11,16H,3,12-15H2,1-2H3,(H,24,26)/t16-/m0/s1. The number of nitrogens with one attached hydrogen (secondary N) is 1. The van der Waals surface area contributed by atoms with E-state index in [0.717, 1.165) is 12.2 Å². The maximum atomic E-state index is 12.4. The minimum absolute atomic E-state index is 0.0486. The third-order valence-electron chi connectivity index (χ3n) is 4.80. The van der Waals surface area contributed by atoms with Gasteiger partial charge in [-0.2, -0.15) is 0 Å². The highest BCUT2D eigenvalue weighted by molar-refractivity contribution is 6.00. The minimum Gasteiger partial charge on any atom is -0.497 e. The van der Waals surface area contributed by atoms with Crippen LogP contribution in [0.5, 0.6) is 11.5 Å². The van der Waals surface area contributed by atoms with Gasteiger partial charge in [-0.1, -0.05) is 6.92 Å². The second-order valence-corrected chi connectivity index (χ2v) is 7.13. The Morgan fingerprint density at radius 1 is 1.06 bits per heavy atom. The predicted molar refractivity (Wildman–Crippen MR) is 115 cm³/mol. The van der Waals surface area contributed by atoms with Crippen molar-refractivity contribution in [2.45, 2.75) is 19.8 Å². The van der Waals surface area contributed by atoms with E-state index in [1.165, 1.54) is 0 Å². The van der Waals surface area contributed by atoms with Crippen LogP contribution in [0.1, 0.15) is 19.8 Å². The van der Waals surface area contributed by atoms with Gasteiger partial charge in [0.05, 0.1) is 19.6 Å². The van der Waals surface area contributed by atoms with Crippen LogP contribution in [0.2, 0.25) is 0 Å². The molecule has 0 radical (unpaired) electrons. The Hall–Kier alpha value is -3.55. The number of carbonyl (C=O) groups is 3. The SMILES string of the molecule is CCCOc1ccc(N2C[C@@H](C(=O)OCC(=O)Nc3ccc(OC)cc3)CC2=O)cc1. The predicted octanol–water partition coefficient (Wildman–Crippen LogP) is 3.02. The maximum Gasteiger partial charge on any atom is 0.311 e. The monoisotopic (exact) mass is 426 g/mol. The van der Waals surface area contributed by atoms with E-state index < -0.39 is 24.4 Å². The first-order chi connectivity index (χ1) is 15.0. The molecule has 2 amide bonds. The molecule has 0 spiro atoms. The van der Waals surface area contributed by atoms with E-state index in [-0.39, 0.29) is 18.9 Å². The van der Waals surface area contributed by atoms with Crippen LogP contribution >= 0.6 is 0 Å². The quantitative estimate of drug-likeness (QED) is 0.620. The number of rotatable bonds is 9. The van der Waals surface area contributed by atoms with Crippen molar-refractivity contribution in [2.75, 3.05) is 37.1 Å². The van der Waals surface area contributed by atoms with Crippen LogP contribution in [-0.4, -0.2) is 44.7 Å². The second-order valence-electron chi connectivity index (χ2n) is 7.13. The molecule has 2 aromatic rings. The second kappa shape index (κ2) is 10.5. The van der Waals surface area contributed by atoms with Crippen molar-refractivity contribution in [1.29, 1.82) is 0 Å². The van der Waals surface area contributed by atoms with Gasteiger partial charge in [0.1, 0.15) is 11.5 Å². The van der Waals surface area contributed by atoms with Crippen molar-refractivity contribution >= 4 is 29.2 Å². The van der Waals surface area contributed by atoms with Crippen LogP contribution in [0.3, 0.4) is 0 Å². The largest absolute Gasteiger partial charge is 0.497 e. The summed E-state index contributed by atoms with van der Waals surface area (Å²) in [4.78, 5) is 38.3. The van der Waals surface area contributed by atoms with Gasteiger partial charge in [0.15, 0.2) is 6.61 Å². The average molecular weight is 426 g/mol. The number of anilines is 2. The van der Waals surface area contributed by atoms with Crippen molar-refractivity contribution in [3.63, 3.8) is 0 Å². The number of hydrogen-bond acceptors (Lipinski definition) is 6. The third-order valence-corrected chi connectivity index (χ3v) is 4.80. The molecule has 0 bridgehead atoms. The zero-order chi connectivity index (χ0) is 22.2. The average Bonchev–Trinajstić information content (AvgIpc) is 3.18. The molecule has 1 saturated heterocycles. The van der Waals surface area contributed by atoms with Crippen LogP contribution in [0.25, 0.3) is 0 Å².